The van der Waals surface area contributed by atoms with E-state index in [-0.39, 0.29) is 18.8 Å². The van der Waals surface area contributed by atoms with E-state index in [2.05, 4.69) is 4.90 Å². The SMILES string of the molecule is CC1CN(c2cc(Cl)c(Cl)cc2N)CC(CO)O1. The maximum Gasteiger partial charge on any atom is 0.0984 e. The molecule has 1 heterocycles. The van der Waals surface area contributed by atoms with Gasteiger partial charge in [0.05, 0.1) is 40.2 Å². The number of hydrogen-bond acceptors (Lipinski definition) is 4. The molecular weight excluding hydrogens is 275 g/mol. The Hall–Kier alpha value is -0.680. The summed E-state index contributed by atoms with van der Waals surface area (Å²) in [4.78, 5) is 2.06. The summed E-state index contributed by atoms with van der Waals surface area (Å²) in [5.74, 6) is 0. The summed E-state index contributed by atoms with van der Waals surface area (Å²) < 4.78 is 5.59. The summed E-state index contributed by atoms with van der Waals surface area (Å²) in [7, 11) is 0. The second-order valence-electron chi connectivity index (χ2n) is 4.48. The van der Waals surface area contributed by atoms with Crippen LogP contribution < -0.4 is 10.6 Å². The Morgan fingerprint density at radius 1 is 1.39 bits per heavy atom. The van der Waals surface area contributed by atoms with E-state index < -0.39 is 0 Å². The van der Waals surface area contributed by atoms with E-state index in [1.807, 2.05) is 6.92 Å². The van der Waals surface area contributed by atoms with Gasteiger partial charge in [0.1, 0.15) is 0 Å². The van der Waals surface area contributed by atoms with Gasteiger partial charge in [0, 0.05) is 13.1 Å². The van der Waals surface area contributed by atoms with Gasteiger partial charge in [-0.1, -0.05) is 23.2 Å². The lowest BCUT2D eigenvalue weighted by Gasteiger charge is -2.38. The van der Waals surface area contributed by atoms with Crippen molar-refractivity contribution in [2.24, 2.45) is 0 Å². The smallest absolute Gasteiger partial charge is 0.0984 e. The van der Waals surface area contributed by atoms with Crippen LogP contribution in [-0.2, 0) is 4.74 Å². The number of hydrogen-bond donors (Lipinski definition) is 2. The molecule has 0 aromatic heterocycles. The molecule has 0 bridgehead atoms. The number of rotatable bonds is 2. The molecule has 1 aromatic carbocycles. The topological polar surface area (TPSA) is 58.7 Å². The largest absolute Gasteiger partial charge is 0.397 e. The highest BCUT2D eigenvalue weighted by atomic mass is 35.5. The average Bonchev–Trinajstić information content (AvgIpc) is 2.33. The zero-order valence-electron chi connectivity index (χ0n) is 10.1. The van der Waals surface area contributed by atoms with Crippen molar-refractivity contribution in [1.82, 2.24) is 0 Å². The first-order chi connectivity index (χ1) is 8.51. The van der Waals surface area contributed by atoms with Crippen LogP contribution in [0.4, 0.5) is 11.4 Å². The molecule has 1 fully saturated rings. The van der Waals surface area contributed by atoms with Crippen LogP contribution in [0.3, 0.4) is 0 Å². The summed E-state index contributed by atoms with van der Waals surface area (Å²) in [6, 6.07) is 3.40. The van der Waals surface area contributed by atoms with E-state index in [0.29, 0.717) is 28.8 Å². The number of aliphatic hydroxyl groups excluding tert-OH is 1. The first kappa shape index (κ1) is 13.7. The maximum atomic E-state index is 9.21. The third kappa shape index (κ3) is 2.83. The molecule has 1 saturated heterocycles. The summed E-state index contributed by atoms with van der Waals surface area (Å²) in [6.45, 7) is 3.24. The Labute approximate surface area is 116 Å². The van der Waals surface area contributed by atoms with Crippen molar-refractivity contribution in [3.05, 3.63) is 22.2 Å². The second-order valence-corrected chi connectivity index (χ2v) is 5.30. The van der Waals surface area contributed by atoms with Gasteiger partial charge in [0.15, 0.2) is 0 Å². The quantitative estimate of drug-likeness (QED) is 0.820. The van der Waals surface area contributed by atoms with Crippen molar-refractivity contribution < 1.29 is 9.84 Å². The molecule has 100 valence electrons. The standard InChI is InChI=1S/C12H16Cl2N2O2/c1-7-4-16(5-8(6-17)18-7)12-3-10(14)9(13)2-11(12)15/h2-3,7-8,17H,4-6,15H2,1H3. The molecular formula is C12H16Cl2N2O2. The minimum absolute atomic E-state index is 0.0118. The van der Waals surface area contributed by atoms with Gasteiger partial charge < -0.3 is 20.5 Å². The van der Waals surface area contributed by atoms with Gasteiger partial charge in [-0.05, 0) is 19.1 Å². The van der Waals surface area contributed by atoms with Crippen molar-refractivity contribution in [3.63, 3.8) is 0 Å². The number of halogens is 2. The summed E-state index contributed by atoms with van der Waals surface area (Å²) in [5.41, 5.74) is 7.38. The van der Waals surface area contributed by atoms with Crippen LogP contribution in [0.1, 0.15) is 6.92 Å². The van der Waals surface area contributed by atoms with E-state index in [4.69, 9.17) is 33.7 Å². The zero-order valence-corrected chi connectivity index (χ0v) is 11.6. The Morgan fingerprint density at radius 2 is 2.06 bits per heavy atom. The number of ether oxygens (including phenoxy) is 1. The first-order valence-electron chi connectivity index (χ1n) is 5.77. The van der Waals surface area contributed by atoms with E-state index in [1.54, 1.807) is 12.1 Å². The third-order valence-electron chi connectivity index (χ3n) is 2.94. The molecule has 18 heavy (non-hydrogen) atoms. The van der Waals surface area contributed by atoms with Gasteiger partial charge in [0.25, 0.3) is 0 Å². The molecule has 1 aromatic rings. The van der Waals surface area contributed by atoms with E-state index in [1.165, 1.54) is 0 Å². The molecule has 1 aliphatic rings. The van der Waals surface area contributed by atoms with Crippen molar-refractivity contribution in [1.29, 1.82) is 0 Å². The van der Waals surface area contributed by atoms with Crippen LogP contribution in [0.25, 0.3) is 0 Å². The molecule has 2 unspecified atom stereocenters. The fourth-order valence-electron chi connectivity index (χ4n) is 2.17. The fraction of sp³-hybridized carbons (Fsp3) is 0.500. The normalized spacial score (nSPS) is 24.3. The lowest BCUT2D eigenvalue weighted by molar-refractivity contribution is -0.0420. The number of nitrogens with zero attached hydrogens (tertiary/aromatic N) is 1. The van der Waals surface area contributed by atoms with Gasteiger partial charge in [-0.2, -0.15) is 0 Å². The van der Waals surface area contributed by atoms with Crippen molar-refractivity contribution >= 4 is 34.6 Å². The van der Waals surface area contributed by atoms with Crippen LogP contribution in [0.2, 0.25) is 10.0 Å². The van der Waals surface area contributed by atoms with Crippen molar-refractivity contribution in [2.45, 2.75) is 19.1 Å². The second kappa shape index (κ2) is 5.53. The number of nitrogen functional groups attached to an aromatic ring is 1. The highest BCUT2D eigenvalue weighted by molar-refractivity contribution is 6.42. The molecule has 0 saturated carbocycles. The zero-order chi connectivity index (χ0) is 13.3. The highest BCUT2D eigenvalue weighted by Gasteiger charge is 2.26. The summed E-state index contributed by atoms with van der Waals surface area (Å²) in [6.07, 6.45) is -0.174. The van der Waals surface area contributed by atoms with Crippen LogP contribution in [0, 0.1) is 0 Å². The third-order valence-corrected chi connectivity index (χ3v) is 3.66. The van der Waals surface area contributed by atoms with Gasteiger partial charge in [-0.25, -0.2) is 0 Å². The molecule has 0 amide bonds. The number of nitrogens with two attached hydrogens (primary N) is 1. The predicted octanol–water partition coefficient (Wildman–Crippen LogP) is 2.16. The first-order valence-corrected chi connectivity index (χ1v) is 6.52. The maximum absolute atomic E-state index is 9.21. The van der Waals surface area contributed by atoms with E-state index in [0.717, 1.165) is 5.69 Å². The van der Waals surface area contributed by atoms with Crippen molar-refractivity contribution in [2.75, 3.05) is 30.3 Å². The Morgan fingerprint density at radius 3 is 2.72 bits per heavy atom. The van der Waals surface area contributed by atoms with Gasteiger partial charge >= 0.3 is 0 Å². The lowest BCUT2D eigenvalue weighted by atomic mass is 10.1. The molecule has 2 rings (SSSR count). The Kier molecular flexibility index (Phi) is 4.22. The minimum atomic E-state index is -0.206. The number of morpholine rings is 1. The molecule has 0 aliphatic carbocycles. The van der Waals surface area contributed by atoms with Gasteiger partial charge in [0.2, 0.25) is 0 Å². The number of anilines is 2. The minimum Gasteiger partial charge on any atom is -0.397 e. The molecule has 4 nitrogen and oxygen atoms in total. The number of benzene rings is 1. The van der Waals surface area contributed by atoms with E-state index in [9.17, 15) is 5.11 Å². The highest BCUT2D eigenvalue weighted by Crippen LogP contribution is 2.34. The molecule has 6 heteroatoms. The molecule has 1 aliphatic heterocycles. The van der Waals surface area contributed by atoms with Gasteiger partial charge in [-0.15, -0.1) is 0 Å². The van der Waals surface area contributed by atoms with Crippen molar-refractivity contribution in [3.8, 4) is 0 Å². The lowest BCUT2D eigenvalue weighted by Crippen LogP contribution is -2.48. The van der Waals surface area contributed by atoms with E-state index >= 15 is 0 Å². The fourth-order valence-corrected chi connectivity index (χ4v) is 2.50. The van der Waals surface area contributed by atoms with Gasteiger partial charge in [-0.3, -0.25) is 0 Å². The summed E-state index contributed by atoms with van der Waals surface area (Å²) >= 11 is 11.9. The van der Waals surface area contributed by atoms with Crippen LogP contribution in [0.5, 0.6) is 0 Å². The Bertz CT molecular complexity index is 442. The monoisotopic (exact) mass is 290 g/mol. The molecule has 3 N–H and O–H groups in total. The van der Waals surface area contributed by atoms with Crippen LogP contribution in [-0.4, -0.2) is 37.0 Å². The van der Waals surface area contributed by atoms with Crippen LogP contribution in [0.15, 0.2) is 12.1 Å². The number of aliphatic hydroxyl groups is 1. The molecule has 0 radical (unpaired) electrons. The predicted molar refractivity (Wildman–Crippen MR) is 74.5 cm³/mol. The molecule has 2 atom stereocenters. The van der Waals surface area contributed by atoms with Crippen LogP contribution >= 0.6 is 23.2 Å². The Balaban J connectivity index is 2.27. The molecule has 0 spiro atoms. The average molecular weight is 291 g/mol. The summed E-state index contributed by atoms with van der Waals surface area (Å²) in [5, 5.41) is 10.1.